The molecule has 0 aliphatic rings. The molecule has 0 bridgehead atoms. The third-order valence-corrected chi connectivity index (χ3v) is 4.46. The van der Waals surface area contributed by atoms with Gasteiger partial charge in [0.25, 0.3) is 0 Å². The Hall–Kier alpha value is -3.51. The maximum Gasteiger partial charge on any atom is 0.213 e. The Balaban J connectivity index is 2.06. The summed E-state index contributed by atoms with van der Waals surface area (Å²) in [6, 6.07) is 26.1. The van der Waals surface area contributed by atoms with E-state index in [9.17, 15) is 5.26 Å². The van der Waals surface area contributed by atoms with E-state index in [1.54, 1.807) is 0 Å². The van der Waals surface area contributed by atoms with Crippen LogP contribution in [0.2, 0.25) is 0 Å². The van der Waals surface area contributed by atoms with Crippen LogP contribution in [0.1, 0.15) is 5.56 Å². The van der Waals surface area contributed by atoms with E-state index >= 15 is 0 Å². The summed E-state index contributed by atoms with van der Waals surface area (Å²) >= 11 is 0. The first-order valence-electron chi connectivity index (χ1n) is 7.78. The van der Waals surface area contributed by atoms with Crippen LogP contribution in [0, 0.1) is 11.3 Å². The van der Waals surface area contributed by atoms with E-state index in [1.807, 2.05) is 59.2 Å². The van der Waals surface area contributed by atoms with Gasteiger partial charge in [-0.15, -0.1) is 0 Å². The second-order valence-corrected chi connectivity index (χ2v) is 5.76. The van der Waals surface area contributed by atoms with Crippen molar-refractivity contribution in [3.8, 4) is 11.8 Å². The molecule has 24 heavy (non-hydrogen) atoms. The monoisotopic (exact) mass is 308 g/mol. The van der Waals surface area contributed by atoms with Crippen LogP contribution < -0.4 is 0 Å². The first kappa shape index (κ1) is 13.0. The lowest BCUT2D eigenvalue weighted by Gasteiger charge is -2.07. The highest BCUT2D eigenvalue weighted by molar-refractivity contribution is 6.19. The van der Waals surface area contributed by atoms with Gasteiger partial charge in [-0.1, -0.05) is 48.5 Å². The van der Waals surface area contributed by atoms with E-state index in [0.29, 0.717) is 5.56 Å². The lowest BCUT2D eigenvalue weighted by molar-refractivity contribution is 0.645. The van der Waals surface area contributed by atoms with E-state index in [1.165, 1.54) is 0 Å². The molecule has 0 spiro atoms. The van der Waals surface area contributed by atoms with Crippen LogP contribution in [0.4, 0.5) is 0 Å². The van der Waals surface area contributed by atoms with Crippen molar-refractivity contribution in [3.63, 3.8) is 0 Å². The number of hydrogen-bond acceptors (Lipinski definition) is 2. The summed E-state index contributed by atoms with van der Waals surface area (Å²) in [7, 11) is 0. The Kier molecular flexibility index (Phi) is 2.56. The molecule has 0 saturated carbocycles. The van der Waals surface area contributed by atoms with Crippen LogP contribution in [0.5, 0.6) is 0 Å². The number of furan rings is 1. The fraction of sp³-hybridized carbons (Fsp3) is 0. The third kappa shape index (κ3) is 1.60. The maximum absolute atomic E-state index is 9.51. The lowest BCUT2D eigenvalue weighted by Crippen LogP contribution is -1.96. The maximum atomic E-state index is 9.51. The van der Waals surface area contributed by atoms with Crippen molar-refractivity contribution in [1.29, 1.82) is 5.26 Å². The topological polar surface area (TPSA) is 41.9 Å². The molecule has 0 aliphatic carbocycles. The molecular weight excluding hydrogens is 296 g/mol. The zero-order valence-corrected chi connectivity index (χ0v) is 12.7. The molecule has 3 aromatic carbocycles. The molecule has 0 unspecified atom stereocenters. The smallest absolute Gasteiger partial charge is 0.213 e. The number of nitrogens with zero attached hydrogens (tertiary/aromatic N) is 2. The summed E-state index contributed by atoms with van der Waals surface area (Å²) in [5.74, 6) is 0. The Bertz CT molecular complexity index is 1270. The molecule has 112 valence electrons. The number of hydrogen-bond donors (Lipinski definition) is 0. The lowest BCUT2D eigenvalue weighted by atomic mass is 10.1. The van der Waals surface area contributed by atoms with E-state index in [4.69, 9.17) is 4.42 Å². The highest BCUT2D eigenvalue weighted by atomic mass is 16.3. The quantitative estimate of drug-likeness (QED) is 0.416. The molecule has 0 fully saturated rings. The Morgan fingerprint density at radius 3 is 2.38 bits per heavy atom. The van der Waals surface area contributed by atoms with Crippen molar-refractivity contribution in [2.75, 3.05) is 0 Å². The molecule has 2 heterocycles. The SMILES string of the molecule is N#Cc1ccccc1-n1c2ccccc2c2c3ccccc3oc21. The van der Waals surface area contributed by atoms with Gasteiger partial charge in [0.1, 0.15) is 11.7 Å². The standard InChI is InChI=1S/C21H12N2O/c22-13-14-7-1-4-10-17(14)23-18-11-5-2-8-15(18)20-16-9-3-6-12-19(16)24-21(20)23/h1-12H. The number of fused-ring (bicyclic) bond motifs is 5. The molecular formula is C21H12N2O. The van der Waals surface area contributed by atoms with Gasteiger partial charge in [-0.05, 0) is 24.3 Å². The van der Waals surface area contributed by atoms with Crippen molar-refractivity contribution in [2.24, 2.45) is 0 Å². The Morgan fingerprint density at radius 1 is 0.792 bits per heavy atom. The van der Waals surface area contributed by atoms with Gasteiger partial charge in [0.05, 0.1) is 22.2 Å². The van der Waals surface area contributed by atoms with Gasteiger partial charge in [0, 0.05) is 10.8 Å². The fourth-order valence-corrected chi connectivity index (χ4v) is 3.44. The van der Waals surface area contributed by atoms with Crippen molar-refractivity contribution >= 4 is 33.0 Å². The minimum atomic E-state index is 0.626. The normalized spacial score (nSPS) is 11.3. The summed E-state index contributed by atoms with van der Waals surface area (Å²) in [6.07, 6.45) is 0. The molecule has 2 aromatic heterocycles. The zero-order valence-electron chi connectivity index (χ0n) is 12.7. The predicted molar refractivity (Wildman–Crippen MR) is 95.3 cm³/mol. The average Bonchev–Trinajstić information content (AvgIpc) is 3.16. The summed E-state index contributed by atoms with van der Waals surface area (Å²) in [5, 5.41) is 12.8. The largest absolute Gasteiger partial charge is 0.439 e. The van der Waals surface area contributed by atoms with Crippen molar-refractivity contribution in [1.82, 2.24) is 4.57 Å². The van der Waals surface area contributed by atoms with Gasteiger partial charge in [0.2, 0.25) is 5.71 Å². The van der Waals surface area contributed by atoms with Gasteiger partial charge < -0.3 is 4.42 Å². The minimum absolute atomic E-state index is 0.626. The van der Waals surface area contributed by atoms with Crippen molar-refractivity contribution in [3.05, 3.63) is 78.4 Å². The van der Waals surface area contributed by atoms with E-state index in [0.717, 1.165) is 38.7 Å². The highest BCUT2D eigenvalue weighted by Gasteiger charge is 2.19. The molecule has 0 saturated heterocycles. The van der Waals surface area contributed by atoms with E-state index < -0.39 is 0 Å². The summed E-state index contributed by atoms with van der Waals surface area (Å²) < 4.78 is 8.22. The first-order chi connectivity index (χ1) is 11.9. The van der Waals surface area contributed by atoms with E-state index in [-0.39, 0.29) is 0 Å². The molecule has 0 atom stereocenters. The number of aromatic nitrogens is 1. The van der Waals surface area contributed by atoms with Gasteiger partial charge in [-0.3, -0.25) is 4.57 Å². The summed E-state index contributed by atoms with van der Waals surface area (Å²) in [5.41, 5.74) is 4.14. The minimum Gasteiger partial charge on any atom is -0.439 e. The fourth-order valence-electron chi connectivity index (χ4n) is 3.44. The van der Waals surface area contributed by atoms with Crippen LogP contribution in [0.15, 0.2) is 77.2 Å². The molecule has 3 nitrogen and oxygen atoms in total. The number of para-hydroxylation sites is 3. The van der Waals surface area contributed by atoms with Crippen LogP contribution in [-0.2, 0) is 0 Å². The number of rotatable bonds is 1. The second-order valence-electron chi connectivity index (χ2n) is 5.76. The summed E-state index contributed by atoms with van der Waals surface area (Å²) in [4.78, 5) is 0. The number of nitriles is 1. The Morgan fingerprint density at radius 2 is 1.50 bits per heavy atom. The second kappa shape index (κ2) is 4.74. The Labute approximate surface area is 138 Å². The average molecular weight is 308 g/mol. The zero-order chi connectivity index (χ0) is 16.1. The van der Waals surface area contributed by atoms with Crippen LogP contribution >= 0.6 is 0 Å². The molecule has 3 heteroatoms. The molecule has 5 rings (SSSR count). The van der Waals surface area contributed by atoms with Crippen molar-refractivity contribution in [2.45, 2.75) is 0 Å². The van der Waals surface area contributed by atoms with Gasteiger partial charge in [-0.25, -0.2) is 0 Å². The van der Waals surface area contributed by atoms with Crippen molar-refractivity contribution < 1.29 is 4.42 Å². The van der Waals surface area contributed by atoms with Crippen LogP contribution in [-0.4, -0.2) is 4.57 Å². The van der Waals surface area contributed by atoms with Crippen LogP contribution in [0.25, 0.3) is 38.7 Å². The van der Waals surface area contributed by atoms with Gasteiger partial charge in [-0.2, -0.15) is 5.26 Å². The highest BCUT2D eigenvalue weighted by Crippen LogP contribution is 2.39. The van der Waals surface area contributed by atoms with Gasteiger partial charge >= 0.3 is 0 Å². The van der Waals surface area contributed by atoms with E-state index in [2.05, 4.69) is 24.3 Å². The van der Waals surface area contributed by atoms with Gasteiger partial charge in [0.15, 0.2) is 0 Å². The van der Waals surface area contributed by atoms with Crippen LogP contribution in [0.3, 0.4) is 0 Å². The molecule has 0 aliphatic heterocycles. The predicted octanol–water partition coefficient (Wildman–Crippen LogP) is 5.40. The molecule has 0 amide bonds. The summed E-state index contributed by atoms with van der Waals surface area (Å²) in [6.45, 7) is 0. The number of benzene rings is 3. The first-order valence-corrected chi connectivity index (χ1v) is 7.78. The third-order valence-electron chi connectivity index (χ3n) is 4.46. The molecule has 5 aromatic rings. The molecule has 0 N–H and O–H groups in total. The molecule has 0 radical (unpaired) electrons.